The number of benzene rings is 1. The average molecular weight is 371 g/mol. The highest BCUT2D eigenvalue weighted by Gasteiger charge is 2.45. The van der Waals surface area contributed by atoms with Crippen molar-refractivity contribution in [3.05, 3.63) is 35.4 Å². The summed E-state index contributed by atoms with van der Waals surface area (Å²) >= 11 is 0. The minimum absolute atomic E-state index is 0.0283. The Labute approximate surface area is 160 Å². The van der Waals surface area contributed by atoms with E-state index in [9.17, 15) is 9.59 Å². The fourth-order valence-corrected chi connectivity index (χ4v) is 5.00. The molecule has 0 saturated heterocycles. The first-order chi connectivity index (χ1) is 13.0. The highest BCUT2D eigenvalue weighted by atomic mass is 16.4. The molecular weight excluding hydrogens is 342 g/mol. The molecule has 2 aliphatic carbocycles. The van der Waals surface area contributed by atoms with E-state index >= 15 is 0 Å². The van der Waals surface area contributed by atoms with E-state index in [1.165, 1.54) is 30.4 Å². The van der Waals surface area contributed by atoms with Gasteiger partial charge in [-0.25, -0.2) is 4.79 Å². The van der Waals surface area contributed by atoms with E-state index in [1.807, 2.05) is 16.7 Å². The molecule has 0 radical (unpaired) electrons. The summed E-state index contributed by atoms with van der Waals surface area (Å²) in [6.45, 7) is 4.28. The zero-order valence-electron chi connectivity index (χ0n) is 16.0. The van der Waals surface area contributed by atoms with Crippen LogP contribution >= 0.6 is 0 Å². The van der Waals surface area contributed by atoms with Crippen LogP contribution < -0.4 is 5.32 Å². The number of hydrogen-bond donors (Lipinski definition) is 2. The molecule has 6 heteroatoms. The third-order valence-electron chi connectivity index (χ3n) is 6.74. The Bertz CT molecular complexity index is 725. The second-order valence-electron chi connectivity index (χ2n) is 8.38. The van der Waals surface area contributed by atoms with Gasteiger partial charge in [-0.3, -0.25) is 9.69 Å². The lowest BCUT2D eigenvalue weighted by atomic mass is 9.61. The van der Waals surface area contributed by atoms with E-state index in [4.69, 9.17) is 5.11 Å². The highest BCUT2D eigenvalue weighted by Crippen LogP contribution is 2.48. The van der Waals surface area contributed by atoms with E-state index in [1.54, 1.807) is 0 Å². The van der Waals surface area contributed by atoms with Crippen LogP contribution in [0.25, 0.3) is 0 Å². The number of amides is 2. The van der Waals surface area contributed by atoms with Crippen molar-refractivity contribution in [2.45, 2.75) is 63.1 Å². The summed E-state index contributed by atoms with van der Waals surface area (Å²) in [6.07, 6.45) is 5.25. The molecule has 146 valence electrons. The summed E-state index contributed by atoms with van der Waals surface area (Å²) in [5.41, 5.74) is 2.88. The molecule has 2 N–H and O–H groups in total. The lowest BCUT2D eigenvalue weighted by Crippen LogP contribution is -2.59. The van der Waals surface area contributed by atoms with Crippen molar-refractivity contribution in [1.82, 2.24) is 15.1 Å². The van der Waals surface area contributed by atoms with Crippen molar-refractivity contribution in [2.75, 3.05) is 19.6 Å². The molecule has 2 saturated carbocycles. The Morgan fingerprint density at radius 2 is 2.04 bits per heavy atom. The van der Waals surface area contributed by atoms with E-state index in [2.05, 4.69) is 29.6 Å². The lowest BCUT2D eigenvalue weighted by Gasteiger charge is -2.50. The van der Waals surface area contributed by atoms with Gasteiger partial charge in [0, 0.05) is 30.6 Å². The third kappa shape index (κ3) is 3.43. The Morgan fingerprint density at radius 3 is 2.67 bits per heavy atom. The van der Waals surface area contributed by atoms with E-state index in [0.29, 0.717) is 6.54 Å². The van der Waals surface area contributed by atoms with Crippen molar-refractivity contribution in [3.63, 3.8) is 0 Å². The number of nitrogens with one attached hydrogen (secondary N) is 1. The number of urea groups is 1. The van der Waals surface area contributed by atoms with Crippen LogP contribution in [0.5, 0.6) is 0 Å². The zero-order chi connectivity index (χ0) is 19.0. The minimum atomic E-state index is -0.790. The molecule has 4 rings (SSSR count). The molecule has 6 nitrogen and oxygen atoms in total. The summed E-state index contributed by atoms with van der Waals surface area (Å²) in [6, 6.07) is 9.00. The van der Waals surface area contributed by atoms with E-state index in [0.717, 1.165) is 25.9 Å². The largest absolute Gasteiger partial charge is 0.480 e. The van der Waals surface area contributed by atoms with Gasteiger partial charge >= 0.3 is 12.0 Å². The SMILES string of the molecule is CCN(CC(=O)O)C1CC(NC(=O)N2Cc3ccccc3C3(CCC3)C2)C1. The molecule has 2 amide bonds. The number of carbonyl (C=O) groups excluding carboxylic acids is 1. The maximum Gasteiger partial charge on any atom is 0.317 e. The first-order valence-electron chi connectivity index (χ1n) is 10.1. The van der Waals surface area contributed by atoms with Crippen LogP contribution in [-0.2, 0) is 16.8 Å². The smallest absolute Gasteiger partial charge is 0.317 e. The molecule has 1 spiro atoms. The van der Waals surface area contributed by atoms with Crippen molar-refractivity contribution >= 4 is 12.0 Å². The highest BCUT2D eigenvalue weighted by molar-refractivity contribution is 5.75. The number of carbonyl (C=O) groups is 2. The fourth-order valence-electron chi connectivity index (χ4n) is 5.00. The molecule has 1 heterocycles. The van der Waals surface area contributed by atoms with Crippen LogP contribution in [-0.4, -0.2) is 58.6 Å². The second-order valence-corrected chi connectivity index (χ2v) is 8.38. The topological polar surface area (TPSA) is 72.9 Å². The molecule has 27 heavy (non-hydrogen) atoms. The van der Waals surface area contributed by atoms with Crippen molar-refractivity contribution < 1.29 is 14.7 Å². The fraction of sp³-hybridized carbons (Fsp3) is 0.619. The molecular formula is C21H29N3O3. The molecule has 1 aromatic rings. The summed E-state index contributed by atoms with van der Waals surface area (Å²) < 4.78 is 0. The van der Waals surface area contributed by atoms with Gasteiger partial charge in [-0.05, 0) is 43.4 Å². The second kappa shape index (κ2) is 7.15. The molecule has 2 fully saturated rings. The van der Waals surface area contributed by atoms with Gasteiger partial charge < -0.3 is 15.3 Å². The predicted octanol–water partition coefficient (Wildman–Crippen LogP) is 2.57. The van der Waals surface area contributed by atoms with Crippen molar-refractivity contribution in [3.8, 4) is 0 Å². The number of likely N-dealkylation sites (N-methyl/N-ethyl adjacent to an activating group) is 1. The zero-order valence-corrected chi connectivity index (χ0v) is 16.0. The van der Waals surface area contributed by atoms with Gasteiger partial charge in [0.1, 0.15) is 0 Å². The molecule has 0 unspecified atom stereocenters. The molecule has 0 atom stereocenters. The first kappa shape index (κ1) is 18.3. The number of fused-ring (bicyclic) bond motifs is 2. The maximum absolute atomic E-state index is 12.9. The van der Waals surface area contributed by atoms with Crippen molar-refractivity contribution in [2.24, 2.45) is 0 Å². The maximum atomic E-state index is 12.9. The third-order valence-corrected chi connectivity index (χ3v) is 6.74. The number of carboxylic acid groups (broad SMARTS) is 1. The summed E-state index contributed by atoms with van der Waals surface area (Å²) in [7, 11) is 0. The van der Waals surface area contributed by atoms with Gasteiger partial charge in [-0.15, -0.1) is 0 Å². The quantitative estimate of drug-likeness (QED) is 0.834. The minimum Gasteiger partial charge on any atom is -0.480 e. The normalized spacial score (nSPS) is 25.5. The standard InChI is InChI=1S/C21H29N3O3/c1-2-23(13-19(25)26)17-10-16(11-17)22-20(27)24-12-15-6-3-4-7-18(15)21(14-24)8-5-9-21/h3-4,6-7,16-17H,2,5,8-14H2,1H3,(H,22,27)(H,25,26). The Kier molecular flexibility index (Phi) is 4.84. The van der Waals surface area contributed by atoms with Gasteiger partial charge in [-0.1, -0.05) is 37.6 Å². The van der Waals surface area contributed by atoms with Crippen LogP contribution in [0.3, 0.4) is 0 Å². The van der Waals surface area contributed by atoms with E-state index < -0.39 is 5.97 Å². The molecule has 0 bridgehead atoms. The number of hydrogen-bond acceptors (Lipinski definition) is 3. The van der Waals surface area contributed by atoms with Gasteiger partial charge in [0.15, 0.2) is 0 Å². The molecule has 1 aromatic carbocycles. The van der Waals surface area contributed by atoms with Crippen LogP contribution in [0, 0.1) is 0 Å². The van der Waals surface area contributed by atoms with Crippen LogP contribution in [0.2, 0.25) is 0 Å². The lowest BCUT2D eigenvalue weighted by molar-refractivity contribution is -0.139. The predicted molar refractivity (Wildman–Crippen MR) is 103 cm³/mol. The molecule has 3 aliphatic rings. The monoisotopic (exact) mass is 371 g/mol. The summed E-state index contributed by atoms with van der Waals surface area (Å²) in [5, 5.41) is 12.2. The number of rotatable bonds is 5. The van der Waals surface area contributed by atoms with E-state index in [-0.39, 0.29) is 30.1 Å². The van der Waals surface area contributed by atoms with Gasteiger partial charge in [0.2, 0.25) is 0 Å². The molecule has 0 aromatic heterocycles. The molecule has 1 aliphatic heterocycles. The van der Waals surface area contributed by atoms with Gasteiger partial charge in [0.05, 0.1) is 6.54 Å². The van der Waals surface area contributed by atoms with Crippen LogP contribution in [0.1, 0.15) is 50.2 Å². The number of nitrogens with zero attached hydrogens (tertiary/aromatic N) is 2. The Morgan fingerprint density at radius 1 is 1.30 bits per heavy atom. The van der Waals surface area contributed by atoms with Crippen molar-refractivity contribution in [1.29, 1.82) is 0 Å². The Hall–Kier alpha value is -2.08. The summed E-state index contributed by atoms with van der Waals surface area (Å²) in [4.78, 5) is 27.8. The Balaban J connectivity index is 1.34. The average Bonchev–Trinajstić information content (AvgIpc) is 2.59. The first-order valence-corrected chi connectivity index (χ1v) is 10.1. The summed E-state index contributed by atoms with van der Waals surface area (Å²) in [5.74, 6) is -0.790. The van der Waals surface area contributed by atoms with Crippen LogP contribution in [0.15, 0.2) is 24.3 Å². The number of aliphatic carboxylic acids is 1. The van der Waals surface area contributed by atoms with Gasteiger partial charge in [-0.2, -0.15) is 0 Å². The van der Waals surface area contributed by atoms with Gasteiger partial charge in [0.25, 0.3) is 0 Å². The van der Waals surface area contributed by atoms with Crippen LogP contribution in [0.4, 0.5) is 4.79 Å². The number of carboxylic acids is 1.